The molecule has 0 bridgehead atoms. The number of carbonyl (C=O) groups excluding carboxylic acids is 2. The summed E-state index contributed by atoms with van der Waals surface area (Å²) >= 11 is 0. The van der Waals surface area contributed by atoms with E-state index in [4.69, 9.17) is 9.84 Å². The second-order valence-corrected chi connectivity index (χ2v) is 6.37. The summed E-state index contributed by atoms with van der Waals surface area (Å²) in [7, 11) is 1.51. The Bertz CT molecular complexity index is 917. The number of benzene rings is 2. The normalized spacial score (nSPS) is 16.1. The summed E-state index contributed by atoms with van der Waals surface area (Å²) in [5.74, 6) is -2.13. The highest BCUT2D eigenvalue weighted by Crippen LogP contribution is 2.27. The zero-order valence-corrected chi connectivity index (χ0v) is 15.2. The van der Waals surface area contributed by atoms with E-state index < -0.39 is 30.3 Å². The van der Waals surface area contributed by atoms with E-state index in [1.807, 2.05) is 0 Å². The van der Waals surface area contributed by atoms with Gasteiger partial charge >= 0.3 is 5.97 Å². The summed E-state index contributed by atoms with van der Waals surface area (Å²) in [5, 5.41) is 8.68. The minimum absolute atomic E-state index is 0.194. The monoisotopic (exact) mass is 386 g/mol. The van der Waals surface area contributed by atoms with Gasteiger partial charge in [-0.3, -0.25) is 9.59 Å². The average molecular weight is 386 g/mol. The number of para-hydroxylation sites is 1. The summed E-state index contributed by atoms with van der Waals surface area (Å²) in [6.45, 7) is -0.212. The van der Waals surface area contributed by atoms with E-state index in [2.05, 4.69) is 0 Å². The molecule has 1 unspecified atom stereocenters. The van der Waals surface area contributed by atoms with E-state index in [1.54, 1.807) is 30.3 Å². The van der Waals surface area contributed by atoms with Crippen LogP contribution in [-0.2, 0) is 9.59 Å². The standard InChI is InChI=1S/C20H19FN2O5/c1-22(19(26)13-5-4-6-14(11-13)28-12-18(24)25)17-9-10-23(20(17)27)16-8-3-2-7-15(16)21/h2-8,11,17H,9-10,12H2,1H3,(H,24,25). The van der Waals surface area contributed by atoms with Gasteiger partial charge in [-0.05, 0) is 36.8 Å². The maximum absolute atomic E-state index is 14.0. The third-order valence-corrected chi connectivity index (χ3v) is 4.55. The Hall–Kier alpha value is -3.42. The first kappa shape index (κ1) is 19.3. The van der Waals surface area contributed by atoms with Crippen LogP contribution in [0.3, 0.4) is 0 Å². The van der Waals surface area contributed by atoms with Gasteiger partial charge in [-0.15, -0.1) is 0 Å². The Morgan fingerprint density at radius 3 is 2.71 bits per heavy atom. The van der Waals surface area contributed by atoms with Crippen LogP contribution in [-0.4, -0.2) is 54.0 Å². The van der Waals surface area contributed by atoms with Crippen LogP contribution in [0.1, 0.15) is 16.8 Å². The number of carboxylic acid groups (broad SMARTS) is 1. The molecule has 1 fully saturated rings. The number of halogens is 1. The predicted molar refractivity (Wildman–Crippen MR) is 98.8 cm³/mol. The Kier molecular flexibility index (Phi) is 5.58. The molecule has 0 aliphatic carbocycles. The number of hydrogen-bond donors (Lipinski definition) is 1. The van der Waals surface area contributed by atoms with Gasteiger partial charge in [-0.1, -0.05) is 18.2 Å². The fourth-order valence-electron chi connectivity index (χ4n) is 3.14. The van der Waals surface area contributed by atoms with Gasteiger partial charge in [-0.2, -0.15) is 0 Å². The van der Waals surface area contributed by atoms with Gasteiger partial charge in [-0.25, -0.2) is 9.18 Å². The van der Waals surface area contributed by atoms with Gasteiger partial charge in [0.1, 0.15) is 17.6 Å². The fraction of sp³-hybridized carbons (Fsp3) is 0.250. The minimum atomic E-state index is -1.13. The highest BCUT2D eigenvalue weighted by atomic mass is 19.1. The number of nitrogens with zero attached hydrogens (tertiary/aromatic N) is 2. The lowest BCUT2D eigenvalue weighted by molar-refractivity contribution is -0.139. The smallest absolute Gasteiger partial charge is 0.341 e. The lowest BCUT2D eigenvalue weighted by atomic mass is 10.1. The molecule has 1 heterocycles. The molecule has 146 valence electrons. The molecule has 2 aromatic carbocycles. The number of aliphatic carboxylic acids is 1. The highest BCUT2D eigenvalue weighted by molar-refractivity contribution is 6.04. The second kappa shape index (κ2) is 8.08. The summed E-state index contributed by atoms with van der Waals surface area (Å²) in [4.78, 5) is 38.8. The number of rotatable bonds is 6. The van der Waals surface area contributed by atoms with Crippen molar-refractivity contribution in [2.75, 3.05) is 25.1 Å². The van der Waals surface area contributed by atoms with Gasteiger partial charge in [0.05, 0.1) is 5.69 Å². The molecule has 2 aromatic rings. The third kappa shape index (κ3) is 3.95. The van der Waals surface area contributed by atoms with E-state index in [-0.39, 0.29) is 22.9 Å². The zero-order chi connectivity index (χ0) is 20.3. The minimum Gasteiger partial charge on any atom is -0.482 e. The van der Waals surface area contributed by atoms with Gasteiger partial charge in [0.2, 0.25) is 5.91 Å². The summed E-state index contributed by atoms with van der Waals surface area (Å²) < 4.78 is 19.1. The molecule has 2 amide bonds. The molecule has 0 aromatic heterocycles. The van der Waals surface area contributed by atoms with Gasteiger partial charge in [0, 0.05) is 19.2 Å². The molecule has 0 saturated carbocycles. The number of likely N-dealkylation sites (N-methyl/N-ethyl adjacent to an activating group) is 1. The van der Waals surface area contributed by atoms with Crippen molar-refractivity contribution in [2.45, 2.75) is 12.5 Å². The quantitative estimate of drug-likeness (QED) is 0.822. The van der Waals surface area contributed by atoms with E-state index in [1.165, 1.54) is 35.0 Å². The topological polar surface area (TPSA) is 87.2 Å². The van der Waals surface area contributed by atoms with Crippen molar-refractivity contribution < 1.29 is 28.6 Å². The van der Waals surface area contributed by atoms with Gasteiger partial charge in [0.25, 0.3) is 5.91 Å². The number of carboxylic acids is 1. The van der Waals surface area contributed by atoms with Gasteiger partial charge < -0.3 is 19.6 Å². The SMILES string of the molecule is CN(C(=O)c1cccc(OCC(=O)O)c1)C1CCN(c2ccccc2F)C1=O. The largest absolute Gasteiger partial charge is 0.482 e. The Labute approximate surface area is 160 Å². The molecule has 1 aliphatic heterocycles. The van der Waals surface area contributed by atoms with Crippen molar-refractivity contribution in [3.8, 4) is 5.75 Å². The number of anilines is 1. The van der Waals surface area contributed by atoms with E-state index in [0.717, 1.165) is 0 Å². The lowest BCUT2D eigenvalue weighted by Crippen LogP contribution is -2.43. The first-order valence-electron chi connectivity index (χ1n) is 8.66. The molecular formula is C20H19FN2O5. The van der Waals surface area contributed by atoms with Crippen molar-refractivity contribution in [1.29, 1.82) is 0 Å². The van der Waals surface area contributed by atoms with Crippen LogP contribution in [0.2, 0.25) is 0 Å². The Balaban J connectivity index is 1.74. The van der Waals surface area contributed by atoms with Crippen molar-refractivity contribution >= 4 is 23.5 Å². The maximum atomic E-state index is 14.0. The molecule has 0 spiro atoms. The molecule has 1 aliphatic rings. The van der Waals surface area contributed by atoms with Crippen molar-refractivity contribution in [2.24, 2.45) is 0 Å². The van der Waals surface area contributed by atoms with Crippen LogP contribution in [0.4, 0.5) is 10.1 Å². The van der Waals surface area contributed by atoms with E-state index >= 15 is 0 Å². The third-order valence-electron chi connectivity index (χ3n) is 4.55. The molecule has 1 N–H and O–H groups in total. The molecule has 7 nitrogen and oxygen atoms in total. The van der Waals surface area contributed by atoms with Crippen LogP contribution >= 0.6 is 0 Å². The average Bonchev–Trinajstić information content (AvgIpc) is 3.07. The van der Waals surface area contributed by atoms with Crippen LogP contribution in [0, 0.1) is 5.82 Å². The Morgan fingerprint density at radius 2 is 2.00 bits per heavy atom. The molecule has 8 heteroatoms. The second-order valence-electron chi connectivity index (χ2n) is 6.37. The predicted octanol–water partition coefficient (Wildman–Crippen LogP) is 2.17. The maximum Gasteiger partial charge on any atom is 0.341 e. The molecular weight excluding hydrogens is 367 g/mol. The van der Waals surface area contributed by atoms with E-state index in [9.17, 15) is 18.8 Å². The molecule has 0 radical (unpaired) electrons. The summed E-state index contributed by atoms with van der Waals surface area (Å²) in [6, 6.07) is 11.4. The summed E-state index contributed by atoms with van der Waals surface area (Å²) in [6.07, 6.45) is 0.380. The Morgan fingerprint density at radius 1 is 1.25 bits per heavy atom. The van der Waals surface area contributed by atoms with Crippen molar-refractivity contribution in [3.63, 3.8) is 0 Å². The van der Waals surface area contributed by atoms with Crippen LogP contribution in [0.5, 0.6) is 5.75 Å². The van der Waals surface area contributed by atoms with Gasteiger partial charge in [0.15, 0.2) is 6.61 Å². The molecule has 3 rings (SSSR count). The molecule has 1 saturated heterocycles. The lowest BCUT2D eigenvalue weighted by Gasteiger charge is -2.24. The number of hydrogen-bond acceptors (Lipinski definition) is 4. The van der Waals surface area contributed by atoms with Crippen molar-refractivity contribution in [3.05, 3.63) is 59.9 Å². The molecule has 1 atom stereocenters. The number of amides is 2. The first-order chi connectivity index (χ1) is 13.4. The molecule has 28 heavy (non-hydrogen) atoms. The zero-order valence-electron chi connectivity index (χ0n) is 15.2. The van der Waals surface area contributed by atoms with Crippen LogP contribution < -0.4 is 9.64 Å². The number of ether oxygens (including phenoxy) is 1. The number of carbonyl (C=O) groups is 3. The fourth-order valence-corrected chi connectivity index (χ4v) is 3.14. The summed E-state index contributed by atoms with van der Waals surface area (Å²) in [5.41, 5.74) is 0.461. The first-order valence-corrected chi connectivity index (χ1v) is 8.66. The van der Waals surface area contributed by atoms with Crippen LogP contribution in [0.15, 0.2) is 48.5 Å². The highest BCUT2D eigenvalue weighted by Gasteiger charge is 2.38. The van der Waals surface area contributed by atoms with Crippen molar-refractivity contribution in [1.82, 2.24) is 4.90 Å². The van der Waals surface area contributed by atoms with E-state index in [0.29, 0.717) is 13.0 Å². The van der Waals surface area contributed by atoms with Crippen LogP contribution in [0.25, 0.3) is 0 Å².